The lowest BCUT2D eigenvalue weighted by atomic mass is 10.2. The van der Waals surface area contributed by atoms with Crippen molar-refractivity contribution in [3.8, 4) is 11.6 Å². The summed E-state index contributed by atoms with van der Waals surface area (Å²) in [5, 5.41) is 7.98. The Morgan fingerprint density at radius 2 is 1.75 bits per heavy atom. The van der Waals surface area contributed by atoms with Crippen LogP contribution in [0, 0.1) is 6.92 Å². The second kappa shape index (κ2) is 6.01. The molecule has 0 atom stereocenters. The zero-order chi connectivity index (χ0) is 13.8. The molecule has 0 N–H and O–H groups in total. The van der Waals surface area contributed by atoms with E-state index in [9.17, 15) is 0 Å². The van der Waals surface area contributed by atoms with Crippen molar-refractivity contribution in [2.24, 2.45) is 0 Å². The van der Waals surface area contributed by atoms with Gasteiger partial charge in [0, 0.05) is 12.6 Å². The van der Waals surface area contributed by atoms with E-state index in [0.29, 0.717) is 5.88 Å². The second-order valence-electron chi connectivity index (χ2n) is 5.24. The lowest BCUT2D eigenvalue weighted by Crippen LogP contribution is -2.18. The van der Waals surface area contributed by atoms with Crippen LogP contribution in [-0.4, -0.2) is 28.2 Å². The molecule has 0 saturated carbocycles. The molecule has 104 valence electrons. The highest BCUT2D eigenvalue weighted by Gasteiger charge is 2.11. The number of aryl methyl sites for hydroxylation is 1. The first-order chi connectivity index (χ1) is 9.79. The molecule has 4 heteroatoms. The molecule has 0 aliphatic carbocycles. The highest BCUT2D eigenvalue weighted by Crippen LogP contribution is 2.20. The van der Waals surface area contributed by atoms with Crippen molar-refractivity contribution in [2.45, 2.75) is 26.3 Å². The highest BCUT2D eigenvalue weighted by molar-refractivity contribution is 5.30. The number of benzene rings is 1. The molecule has 2 heterocycles. The molecule has 1 aliphatic heterocycles. The van der Waals surface area contributed by atoms with Crippen LogP contribution in [0.2, 0.25) is 0 Å². The SMILES string of the molecule is Cc1ccc(Oc2ccc(CN3CCCC3)cc2)nn1. The maximum Gasteiger partial charge on any atom is 0.238 e. The number of hydrogen-bond donors (Lipinski definition) is 0. The van der Waals surface area contributed by atoms with Gasteiger partial charge in [-0.05, 0) is 56.6 Å². The zero-order valence-electron chi connectivity index (χ0n) is 11.7. The van der Waals surface area contributed by atoms with Gasteiger partial charge in [0.2, 0.25) is 5.88 Å². The minimum Gasteiger partial charge on any atom is -0.438 e. The van der Waals surface area contributed by atoms with Gasteiger partial charge in [0.25, 0.3) is 0 Å². The molecule has 0 unspecified atom stereocenters. The Bertz CT molecular complexity index is 545. The Labute approximate surface area is 119 Å². The van der Waals surface area contributed by atoms with Gasteiger partial charge in [-0.15, -0.1) is 5.10 Å². The molecular formula is C16H19N3O. The first kappa shape index (κ1) is 13.1. The molecule has 0 amide bonds. The van der Waals surface area contributed by atoms with Crippen LogP contribution in [0.1, 0.15) is 24.1 Å². The van der Waals surface area contributed by atoms with Gasteiger partial charge in [0.1, 0.15) is 5.75 Å². The normalized spacial score (nSPS) is 15.4. The predicted octanol–water partition coefficient (Wildman–Crippen LogP) is 3.17. The molecule has 1 aromatic carbocycles. The molecule has 1 aromatic heterocycles. The molecular weight excluding hydrogens is 250 g/mol. The molecule has 3 rings (SSSR count). The molecule has 4 nitrogen and oxygen atoms in total. The van der Waals surface area contributed by atoms with Crippen molar-refractivity contribution >= 4 is 0 Å². The lowest BCUT2D eigenvalue weighted by molar-refractivity contribution is 0.331. The molecule has 1 aliphatic rings. The van der Waals surface area contributed by atoms with Crippen LogP contribution in [0.5, 0.6) is 11.6 Å². The summed E-state index contributed by atoms with van der Waals surface area (Å²) in [6.07, 6.45) is 2.65. The van der Waals surface area contributed by atoms with Gasteiger partial charge in [-0.3, -0.25) is 4.90 Å². The Hall–Kier alpha value is -1.94. The van der Waals surface area contributed by atoms with Gasteiger partial charge in [0.15, 0.2) is 0 Å². The summed E-state index contributed by atoms with van der Waals surface area (Å²) in [6.45, 7) is 5.38. The molecule has 0 spiro atoms. The van der Waals surface area contributed by atoms with Crippen LogP contribution < -0.4 is 4.74 Å². The predicted molar refractivity (Wildman–Crippen MR) is 77.8 cm³/mol. The second-order valence-corrected chi connectivity index (χ2v) is 5.24. The molecule has 0 radical (unpaired) electrons. The summed E-state index contributed by atoms with van der Waals surface area (Å²) < 4.78 is 5.67. The highest BCUT2D eigenvalue weighted by atomic mass is 16.5. The Balaban J connectivity index is 1.62. The molecule has 1 saturated heterocycles. The van der Waals surface area contributed by atoms with Crippen molar-refractivity contribution < 1.29 is 4.74 Å². The lowest BCUT2D eigenvalue weighted by Gasteiger charge is -2.14. The van der Waals surface area contributed by atoms with E-state index >= 15 is 0 Å². The van der Waals surface area contributed by atoms with Crippen molar-refractivity contribution in [1.82, 2.24) is 15.1 Å². The summed E-state index contributed by atoms with van der Waals surface area (Å²) in [6, 6.07) is 12.0. The standard InChI is InChI=1S/C16H19N3O/c1-13-4-9-16(18-17-13)20-15-7-5-14(6-8-15)12-19-10-2-3-11-19/h4-9H,2-3,10-12H2,1H3. The number of likely N-dealkylation sites (tertiary alicyclic amines) is 1. The Kier molecular flexibility index (Phi) is 3.92. The van der Waals surface area contributed by atoms with E-state index in [1.54, 1.807) is 0 Å². The summed E-state index contributed by atoms with van der Waals surface area (Å²) in [5.74, 6) is 1.33. The van der Waals surface area contributed by atoms with Gasteiger partial charge in [-0.25, -0.2) is 0 Å². The Morgan fingerprint density at radius 3 is 2.40 bits per heavy atom. The fourth-order valence-electron chi connectivity index (χ4n) is 2.42. The quantitative estimate of drug-likeness (QED) is 0.854. The summed E-state index contributed by atoms with van der Waals surface area (Å²) in [7, 11) is 0. The minimum atomic E-state index is 0.530. The summed E-state index contributed by atoms with van der Waals surface area (Å²) >= 11 is 0. The van der Waals surface area contributed by atoms with E-state index in [4.69, 9.17) is 4.74 Å². The topological polar surface area (TPSA) is 38.2 Å². The van der Waals surface area contributed by atoms with E-state index < -0.39 is 0 Å². The first-order valence-corrected chi connectivity index (χ1v) is 7.09. The average Bonchev–Trinajstić information content (AvgIpc) is 2.96. The van der Waals surface area contributed by atoms with Gasteiger partial charge in [-0.2, -0.15) is 5.10 Å². The third-order valence-electron chi connectivity index (χ3n) is 3.52. The average molecular weight is 269 g/mol. The zero-order valence-corrected chi connectivity index (χ0v) is 11.7. The van der Waals surface area contributed by atoms with Crippen LogP contribution in [0.3, 0.4) is 0 Å². The van der Waals surface area contributed by atoms with E-state index in [2.05, 4.69) is 27.2 Å². The van der Waals surface area contributed by atoms with Crippen molar-refractivity contribution in [3.05, 3.63) is 47.7 Å². The van der Waals surface area contributed by atoms with Crippen LogP contribution in [0.15, 0.2) is 36.4 Å². The Morgan fingerprint density at radius 1 is 1.00 bits per heavy atom. The van der Waals surface area contributed by atoms with Crippen molar-refractivity contribution in [1.29, 1.82) is 0 Å². The van der Waals surface area contributed by atoms with E-state index in [0.717, 1.165) is 18.0 Å². The largest absolute Gasteiger partial charge is 0.438 e. The summed E-state index contributed by atoms with van der Waals surface area (Å²) in [4.78, 5) is 2.49. The van der Waals surface area contributed by atoms with Crippen LogP contribution in [0.4, 0.5) is 0 Å². The third-order valence-corrected chi connectivity index (χ3v) is 3.52. The maximum absolute atomic E-state index is 5.67. The van der Waals surface area contributed by atoms with Crippen LogP contribution >= 0.6 is 0 Å². The van der Waals surface area contributed by atoms with E-state index in [1.807, 2.05) is 31.2 Å². The van der Waals surface area contributed by atoms with Crippen molar-refractivity contribution in [3.63, 3.8) is 0 Å². The number of rotatable bonds is 4. The monoisotopic (exact) mass is 269 g/mol. The van der Waals surface area contributed by atoms with E-state index in [1.165, 1.54) is 31.5 Å². The van der Waals surface area contributed by atoms with Gasteiger partial charge in [0.05, 0.1) is 5.69 Å². The van der Waals surface area contributed by atoms with Crippen molar-refractivity contribution in [2.75, 3.05) is 13.1 Å². The third kappa shape index (κ3) is 3.33. The smallest absolute Gasteiger partial charge is 0.238 e. The molecule has 1 fully saturated rings. The molecule has 2 aromatic rings. The minimum absolute atomic E-state index is 0.530. The number of nitrogens with zero attached hydrogens (tertiary/aromatic N) is 3. The fraction of sp³-hybridized carbons (Fsp3) is 0.375. The fourth-order valence-corrected chi connectivity index (χ4v) is 2.42. The number of aromatic nitrogens is 2. The van der Waals surface area contributed by atoms with Gasteiger partial charge >= 0.3 is 0 Å². The number of ether oxygens (including phenoxy) is 1. The molecule has 20 heavy (non-hydrogen) atoms. The van der Waals surface area contributed by atoms with Crippen LogP contribution in [-0.2, 0) is 6.54 Å². The molecule has 0 bridgehead atoms. The van der Waals surface area contributed by atoms with E-state index in [-0.39, 0.29) is 0 Å². The summed E-state index contributed by atoms with van der Waals surface area (Å²) in [5.41, 5.74) is 2.22. The maximum atomic E-state index is 5.67. The van der Waals surface area contributed by atoms with Gasteiger partial charge in [-0.1, -0.05) is 12.1 Å². The van der Waals surface area contributed by atoms with Crippen LogP contribution in [0.25, 0.3) is 0 Å². The van der Waals surface area contributed by atoms with Gasteiger partial charge < -0.3 is 4.74 Å². The first-order valence-electron chi connectivity index (χ1n) is 7.09. The number of hydrogen-bond acceptors (Lipinski definition) is 4.